The number of benzene rings is 2. The molecule has 0 unspecified atom stereocenters. The fourth-order valence-corrected chi connectivity index (χ4v) is 3.31. The fraction of sp³-hybridized carbons (Fsp3) is 0.222. The topological polar surface area (TPSA) is 102 Å². The second-order valence-electron chi connectivity index (χ2n) is 5.92. The van der Waals surface area contributed by atoms with Crippen molar-refractivity contribution in [2.75, 3.05) is 11.3 Å². The summed E-state index contributed by atoms with van der Waals surface area (Å²) >= 11 is 0. The van der Waals surface area contributed by atoms with E-state index in [-0.39, 0.29) is 34.7 Å². The highest BCUT2D eigenvalue weighted by atomic mass is 32.2. The van der Waals surface area contributed by atoms with Gasteiger partial charge in [0.1, 0.15) is 0 Å². The molecule has 0 aromatic heterocycles. The van der Waals surface area contributed by atoms with Gasteiger partial charge in [-0.25, -0.2) is 13.2 Å². The molecule has 8 heteroatoms. The zero-order chi connectivity index (χ0) is 18.6. The molecule has 0 spiro atoms. The quantitative estimate of drug-likeness (QED) is 0.721. The molecule has 0 saturated heterocycles. The van der Waals surface area contributed by atoms with Gasteiger partial charge in [0, 0.05) is 11.7 Å². The Kier molecular flexibility index (Phi) is 5.22. The van der Waals surface area contributed by atoms with E-state index in [0.717, 1.165) is 12.8 Å². The molecule has 0 aliphatic heterocycles. The highest BCUT2D eigenvalue weighted by molar-refractivity contribution is 7.92. The molecular formula is C18H18N2O5S. The molecule has 1 fully saturated rings. The molecule has 1 saturated carbocycles. The third kappa shape index (κ3) is 4.82. The van der Waals surface area contributed by atoms with E-state index in [1.54, 1.807) is 18.2 Å². The number of nitrogens with one attached hydrogen (secondary N) is 2. The summed E-state index contributed by atoms with van der Waals surface area (Å²) in [6.07, 6.45) is 1.90. The summed E-state index contributed by atoms with van der Waals surface area (Å²) in [5, 5.41) is 2.71. The van der Waals surface area contributed by atoms with Crippen LogP contribution >= 0.6 is 0 Å². The van der Waals surface area contributed by atoms with Gasteiger partial charge in [-0.2, -0.15) is 0 Å². The average Bonchev–Trinajstić information content (AvgIpc) is 3.44. The summed E-state index contributed by atoms with van der Waals surface area (Å²) in [6.45, 7) is -0.366. The van der Waals surface area contributed by atoms with Crippen molar-refractivity contribution in [3.63, 3.8) is 0 Å². The Morgan fingerprint density at radius 1 is 1.04 bits per heavy atom. The van der Waals surface area contributed by atoms with E-state index in [0.29, 0.717) is 0 Å². The molecule has 1 aliphatic carbocycles. The predicted octanol–water partition coefficient (Wildman–Crippen LogP) is 1.92. The van der Waals surface area contributed by atoms with Crippen LogP contribution in [0.2, 0.25) is 0 Å². The SMILES string of the molecule is O=C(COC(=O)c1cccc(NS(=O)(=O)c2ccccc2)c1)NC1CC1. The van der Waals surface area contributed by atoms with E-state index in [9.17, 15) is 18.0 Å². The smallest absolute Gasteiger partial charge is 0.338 e. The van der Waals surface area contributed by atoms with Gasteiger partial charge in [-0.3, -0.25) is 9.52 Å². The first-order chi connectivity index (χ1) is 12.4. The van der Waals surface area contributed by atoms with Crippen molar-refractivity contribution < 1.29 is 22.7 Å². The Morgan fingerprint density at radius 2 is 1.77 bits per heavy atom. The molecule has 1 aliphatic rings. The number of ether oxygens (including phenoxy) is 1. The molecule has 2 N–H and O–H groups in total. The highest BCUT2D eigenvalue weighted by Crippen LogP contribution is 2.19. The van der Waals surface area contributed by atoms with Crippen LogP contribution in [0.3, 0.4) is 0 Å². The maximum atomic E-state index is 12.3. The van der Waals surface area contributed by atoms with Gasteiger partial charge >= 0.3 is 5.97 Å². The lowest BCUT2D eigenvalue weighted by Gasteiger charge is -2.10. The van der Waals surface area contributed by atoms with Crippen LogP contribution in [-0.2, 0) is 19.6 Å². The molecule has 0 bridgehead atoms. The van der Waals surface area contributed by atoms with Gasteiger partial charge in [-0.15, -0.1) is 0 Å². The molecule has 7 nitrogen and oxygen atoms in total. The summed E-state index contributed by atoms with van der Waals surface area (Å²) in [5.41, 5.74) is 0.378. The number of carbonyl (C=O) groups is 2. The van der Waals surface area contributed by atoms with Crippen LogP contribution in [0.4, 0.5) is 5.69 Å². The van der Waals surface area contributed by atoms with E-state index in [4.69, 9.17) is 4.74 Å². The summed E-state index contributed by atoms with van der Waals surface area (Å²) < 4.78 is 32.0. The van der Waals surface area contributed by atoms with Crippen LogP contribution in [0.5, 0.6) is 0 Å². The van der Waals surface area contributed by atoms with E-state index in [2.05, 4.69) is 10.0 Å². The molecule has 2 aromatic carbocycles. The minimum absolute atomic E-state index is 0.115. The van der Waals surface area contributed by atoms with Gasteiger partial charge in [0.25, 0.3) is 15.9 Å². The monoisotopic (exact) mass is 374 g/mol. The number of esters is 1. The standard InChI is InChI=1S/C18H18N2O5S/c21-17(19-14-9-10-14)12-25-18(22)13-5-4-6-15(11-13)20-26(23,24)16-7-2-1-3-8-16/h1-8,11,14,20H,9-10,12H2,(H,19,21). The van der Waals surface area contributed by atoms with Gasteiger partial charge in [-0.1, -0.05) is 24.3 Å². The van der Waals surface area contributed by atoms with Crippen LogP contribution in [0.25, 0.3) is 0 Å². The lowest BCUT2D eigenvalue weighted by molar-refractivity contribution is -0.124. The number of hydrogen-bond acceptors (Lipinski definition) is 5. The van der Waals surface area contributed by atoms with E-state index in [1.165, 1.54) is 36.4 Å². The second-order valence-corrected chi connectivity index (χ2v) is 7.60. The number of carbonyl (C=O) groups excluding carboxylic acids is 2. The lowest BCUT2D eigenvalue weighted by atomic mass is 10.2. The highest BCUT2D eigenvalue weighted by Gasteiger charge is 2.23. The normalized spacial score (nSPS) is 13.7. The van der Waals surface area contributed by atoms with Crippen molar-refractivity contribution >= 4 is 27.6 Å². The molecule has 26 heavy (non-hydrogen) atoms. The van der Waals surface area contributed by atoms with Crippen molar-refractivity contribution in [1.82, 2.24) is 5.32 Å². The molecule has 3 rings (SSSR count). The Bertz CT molecular complexity index is 908. The zero-order valence-electron chi connectivity index (χ0n) is 13.8. The third-order valence-electron chi connectivity index (χ3n) is 3.68. The first-order valence-electron chi connectivity index (χ1n) is 8.08. The fourth-order valence-electron chi connectivity index (χ4n) is 2.23. The Balaban J connectivity index is 1.63. The summed E-state index contributed by atoms with van der Waals surface area (Å²) in [5.74, 6) is -1.04. The Morgan fingerprint density at radius 3 is 2.46 bits per heavy atom. The maximum absolute atomic E-state index is 12.3. The second kappa shape index (κ2) is 7.57. The van der Waals surface area contributed by atoms with Crippen LogP contribution in [-0.4, -0.2) is 32.9 Å². The van der Waals surface area contributed by atoms with Crippen molar-refractivity contribution in [3.05, 3.63) is 60.2 Å². The summed E-state index contributed by atoms with van der Waals surface area (Å²) in [6, 6.07) is 14.0. The van der Waals surface area contributed by atoms with Gasteiger partial charge in [-0.05, 0) is 43.2 Å². The Hall–Kier alpha value is -2.87. The Labute approximate surface area is 151 Å². The molecule has 136 valence electrons. The lowest BCUT2D eigenvalue weighted by Crippen LogP contribution is -2.30. The zero-order valence-corrected chi connectivity index (χ0v) is 14.7. The van der Waals surface area contributed by atoms with Crippen molar-refractivity contribution in [1.29, 1.82) is 0 Å². The molecular weight excluding hydrogens is 356 g/mol. The molecule has 0 heterocycles. The van der Waals surface area contributed by atoms with E-state index >= 15 is 0 Å². The van der Waals surface area contributed by atoms with Crippen molar-refractivity contribution in [2.24, 2.45) is 0 Å². The van der Waals surface area contributed by atoms with E-state index < -0.39 is 16.0 Å². The van der Waals surface area contributed by atoms with Crippen LogP contribution in [0, 0.1) is 0 Å². The largest absolute Gasteiger partial charge is 0.452 e. The van der Waals surface area contributed by atoms with Gasteiger partial charge < -0.3 is 10.1 Å². The predicted molar refractivity (Wildman–Crippen MR) is 95.1 cm³/mol. The number of anilines is 1. The minimum atomic E-state index is -3.75. The van der Waals surface area contributed by atoms with E-state index in [1.807, 2.05) is 0 Å². The first kappa shape index (κ1) is 17.9. The molecule has 0 radical (unpaired) electrons. The van der Waals surface area contributed by atoms with Gasteiger partial charge in [0.05, 0.1) is 10.5 Å². The molecule has 1 amide bonds. The molecule has 0 atom stereocenters. The van der Waals surface area contributed by atoms with Crippen molar-refractivity contribution in [2.45, 2.75) is 23.8 Å². The number of hydrogen-bond donors (Lipinski definition) is 2. The summed E-state index contributed by atoms with van der Waals surface area (Å²) in [7, 11) is -3.75. The van der Waals surface area contributed by atoms with Gasteiger partial charge in [0.15, 0.2) is 6.61 Å². The number of sulfonamides is 1. The van der Waals surface area contributed by atoms with Crippen LogP contribution in [0.1, 0.15) is 23.2 Å². The summed E-state index contributed by atoms with van der Waals surface area (Å²) in [4.78, 5) is 23.7. The minimum Gasteiger partial charge on any atom is -0.452 e. The first-order valence-corrected chi connectivity index (χ1v) is 9.57. The van der Waals surface area contributed by atoms with Crippen LogP contribution in [0.15, 0.2) is 59.5 Å². The number of amides is 1. The third-order valence-corrected chi connectivity index (χ3v) is 5.08. The van der Waals surface area contributed by atoms with Gasteiger partial charge in [0.2, 0.25) is 0 Å². The average molecular weight is 374 g/mol. The number of rotatable bonds is 7. The maximum Gasteiger partial charge on any atom is 0.338 e. The molecule has 2 aromatic rings. The van der Waals surface area contributed by atoms with Crippen LogP contribution < -0.4 is 10.0 Å². The van der Waals surface area contributed by atoms with Crippen molar-refractivity contribution in [3.8, 4) is 0 Å².